The average Bonchev–Trinajstić information content (AvgIpc) is 2.68. The van der Waals surface area contributed by atoms with Crippen molar-refractivity contribution in [3.05, 3.63) is 104 Å². The standard InChI is InChI=1S/C20H15ClN4O2/c21-16-7-5-14(6-8-16)12-24-10-2-4-17-18(24)23-20(27)25(19(17)26)13-15-3-1-9-22-11-15/h1-11H,12-13H2. The van der Waals surface area contributed by atoms with E-state index in [1.807, 2.05) is 18.2 Å². The minimum absolute atomic E-state index is 0.139. The summed E-state index contributed by atoms with van der Waals surface area (Å²) in [6.07, 6.45) is 5.07. The van der Waals surface area contributed by atoms with E-state index in [1.54, 1.807) is 53.5 Å². The Kier molecular flexibility index (Phi) is 4.56. The Morgan fingerprint density at radius 1 is 0.926 bits per heavy atom. The molecule has 4 rings (SSSR count). The Bertz CT molecular complexity index is 1170. The Balaban J connectivity index is 1.77. The lowest BCUT2D eigenvalue weighted by Crippen LogP contribution is -2.38. The van der Waals surface area contributed by atoms with Crippen LogP contribution >= 0.6 is 11.6 Å². The molecule has 134 valence electrons. The summed E-state index contributed by atoms with van der Waals surface area (Å²) in [5.41, 5.74) is 1.22. The third kappa shape index (κ3) is 3.52. The van der Waals surface area contributed by atoms with Crippen LogP contribution in [0.3, 0.4) is 0 Å². The first-order chi connectivity index (χ1) is 13.1. The van der Waals surface area contributed by atoms with Crippen molar-refractivity contribution in [2.75, 3.05) is 0 Å². The maximum Gasteiger partial charge on any atom is 0.352 e. The number of fused-ring (bicyclic) bond motifs is 1. The minimum atomic E-state index is -0.576. The predicted molar refractivity (Wildman–Crippen MR) is 103 cm³/mol. The van der Waals surface area contributed by atoms with Gasteiger partial charge in [0.15, 0.2) is 5.82 Å². The Morgan fingerprint density at radius 2 is 1.74 bits per heavy atom. The van der Waals surface area contributed by atoms with Crippen molar-refractivity contribution in [3.8, 4) is 11.4 Å². The zero-order chi connectivity index (χ0) is 18.8. The van der Waals surface area contributed by atoms with Crippen LogP contribution in [0.2, 0.25) is 5.02 Å². The van der Waals surface area contributed by atoms with E-state index in [1.165, 1.54) is 0 Å². The number of hydrogen-bond donors (Lipinski definition) is 0. The summed E-state index contributed by atoms with van der Waals surface area (Å²) in [6.45, 7) is 0.619. The van der Waals surface area contributed by atoms with Crippen molar-refractivity contribution in [2.45, 2.75) is 13.1 Å². The largest absolute Gasteiger partial charge is 0.352 e. The summed E-state index contributed by atoms with van der Waals surface area (Å²) in [5, 5.41) is 0.653. The topological polar surface area (TPSA) is 69.8 Å². The fraction of sp³-hybridized carbons (Fsp3) is 0.100. The van der Waals surface area contributed by atoms with Crippen molar-refractivity contribution >= 4 is 11.6 Å². The summed E-state index contributed by atoms with van der Waals surface area (Å²) in [5.74, 6) is 0.366. The van der Waals surface area contributed by atoms with E-state index >= 15 is 0 Å². The molecule has 0 unspecified atom stereocenters. The van der Waals surface area contributed by atoms with Crippen LogP contribution < -0.4 is 11.2 Å². The molecule has 0 fully saturated rings. The third-order valence-electron chi connectivity index (χ3n) is 4.28. The highest BCUT2D eigenvalue weighted by molar-refractivity contribution is 6.30. The third-order valence-corrected chi connectivity index (χ3v) is 4.53. The van der Waals surface area contributed by atoms with Gasteiger partial charge in [0.25, 0.3) is 5.56 Å². The van der Waals surface area contributed by atoms with Gasteiger partial charge < -0.3 is 4.57 Å². The van der Waals surface area contributed by atoms with Gasteiger partial charge in [0.2, 0.25) is 0 Å². The molecule has 7 heteroatoms. The quantitative estimate of drug-likeness (QED) is 0.547. The number of rotatable bonds is 4. The number of nitrogens with zero attached hydrogens (tertiary/aromatic N) is 4. The molecule has 0 atom stereocenters. The van der Waals surface area contributed by atoms with E-state index < -0.39 is 5.69 Å². The van der Waals surface area contributed by atoms with Gasteiger partial charge in [0.1, 0.15) is 0 Å². The highest BCUT2D eigenvalue weighted by atomic mass is 35.5. The molecule has 27 heavy (non-hydrogen) atoms. The van der Waals surface area contributed by atoms with Crippen molar-refractivity contribution in [3.63, 3.8) is 0 Å². The summed E-state index contributed by atoms with van der Waals surface area (Å²) < 4.78 is 2.92. The molecule has 6 nitrogen and oxygen atoms in total. The lowest BCUT2D eigenvalue weighted by atomic mass is 10.2. The van der Waals surface area contributed by atoms with Crippen LogP contribution in [0.25, 0.3) is 11.4 Å². The molecule has 0 amide bonds. The fourth-order valence-corrected chi connectivity index (χ4v) is 3.07. The highest BCUT2D eigenvalue weighted by Crippen LogP contribution is 2.16. The Labute approximate surface area is 159 Å². The number of hydrogen-bond acceptors (Lipinski definition) is 4. The molecule has 3 heterocycles. The highest BCUT2D eigenvalue weighted by Gasteiger charge is 2.17. The summed E-state index contributed by atoms with van der Waals surface area (Å²) in [7, 11) is 0. The number of pyridine rings is 2. The van der Waals surface area contributed by atoms with E-state index in [-0.39, 0.29) is 12.1 Å². The van der Waals surface area contributed by atoms with Crippen LogP contribution in [-0.4, -0.2) is 19.1 Å². The van der Waals surface area contributed by atoms with Gasteiger partial charge >= 0.3 is 5.69 Å². The molecule has 1 aromatic carbocycles. The van der Waals surface area contributed by atoms with Crippen LogP contribution in [0.1, 0.15) is 11.1 Å². The number of halogens is 1. The SMILES string of the molecule is O=c1nc2n(Cc3ccc(Cl)cc3)cccc-2c(=O)n1Cc1cccnc1. The summed E-state index contributed by atoms with van der Waals surface area (Å²) >= 11 is 5.93. The molecule has 2 aliphatic rings. The normalized spacial score (nSPS) is 11.0. The maximum absolute atomic E-state index is 12.9. The van der Waals surface area contributed by atoms with E-state index in [0.717, 1.165) is 15.7 Å². The van der Waals surface area contributed by atoms with Crippen molar-refractivity contribution < 1.29 is 0 Å². The molecule has 0 aliphatic carbocycles. The van der Waals surface area contributed by atoms with Gasteiger partial charge in [-0.15, -0.1) is 0 Å². The van der Waals surface area contributed by atoms with E-state index in [9.17, 15) is 9.59 Å². The molecule has 0 spiro atoms. The molecule has 0 saturated carbocycles. The van der Waals surface area contributed by atoms with Gasteiger partial charge in [0.05, 0.1) is 12.1 Å². The lowest BCUT2D eigenvalue weighted by molar-refractivity contribution is 0.677. The Hall–Kier alpha value is -3.25. The fourth-order valence-electron chi connectivity index (χ4n) is 2.95. The molecule has 0 radical (unpaired) electrons. The predicted octanol–water partition coefficient (Wildman–Crippen LogP) is 2.65. The maximum atomic E-state index is 12.9. The van der Waals surface area contributed by atoms with Crippen LogP contribution in [0.5, 0.6) is 0 Å². The smallest absolute Gasteiger partial charge is 0.328 e. The van der Waals surface area contributed by atoms with Crippen LogP contribution in [0.15, 0.2) is 76.7 Å². The van der Waals surface area contributed by atoms with Crippen LogP contribution in [0, 0.1) is 0 Å². The second kappa shape index (κ2) is 7.17. The molecule has 0 saturated heterocycles. The zero-order valence-corrected chi connectivity index (χ0v) is 15.0. The molecular weight excluding hydrogens is 364 g/mol. The molecular formula is C20H15ClN4O2. The molecule has 1 aromatic heterocycles. The van der Waals surface area contributed by atoms with Gasteiger partial charge in [-0.25, -0.2) is 4.79 Å². The van der Waals surface area contributed by atoms with Gasteiger partial charge in [0, 0.05) is 30.2 Å². The molecule has 0 N–H and O–H groups in total. The second-order valence-corrected chi connectivity index (χ2v) is 6.58. The first kappa shape index (κ1) is 17.2. The van der Waals surface area contributed by atoms with Crippen molar-refractivity contribution in [1.29, 1.82) is 0 Å². The average molecular weight is 379 g/mol. The monoisotopic (exact) mass is 378 g/mol. The van der Waals surface area contributed by atoms with Crippen LogP contribution in [-0.2, 0) is 13.1 Å². The number of aromatic nitrogens is 4. The first-order valence-electron chi connectivity index (χ1n) is 8.35. The molecule has 2 aliphatic heterocycles. The number of benzene rings is 1. The molecule has 2 aromatic rings. The summed E-state index contributed by atoms with van der Waals surface area (Å²) in [6, 6.07) is 14.4. The van der Waals surface area contributed by atoms with Gasteiger partial charge in [-0.05, 0) is 41.5 Å². The summed E-state index contributed by atoms with van der Waals surface area (Å²) in [4.78, 5) is 33.6. The van der Waals surface area contributed by atoms with E-state index in [2.05, 4.69) is 9.97 Å². The van der Waals surface area contributed by atoms with Gasteiger partial charge in [-0.3, -0.25) is 14.3 Å². The zero-order valence-electron chi connectivity index (χ0n) is 14.2. The van der Waals surface area contributed by atoms with Crippen LogP contribution in [0.4, 0.5) is 0 Å². The van der Waals surface area contributed by atoms with Crippen molar-refractivity contribution in [1.82, 2.24) is 19.1 Å². The Morgan fingerprint density at radius 3 is 2.48 bits per heavy atom. The van der Waals surface area contributed by atoms with Gasteiger partial charge in [-0.2, -0.15) is 4.98 Å². The minimum Gasteiger partial charge on any atom is -0.328 e. The first-order valence-corrected chi connectivity index (χ1v) is 8.73. The van der Waals surface area contributed by atoms with Gasteiger partial charge in [-0.1, -0.05) is 29.8 Å². The van der Waals surface area contributed by atoms with E-state index in [0.29, 0.717) is 23.0 Å². The second-order valence-electron chi connectivity index (χ2n) is 6.15. The lowest BCUT2D eigenvalue weighted by Gasteiger charge is -2.15. The van der Waals surface area contributed by atoms with Crippen molar-refractivity contribution in [2.24, 2.45) is 0 Å². The molecule has 0 bridgehead atoms. The van der Waals surface area contributed by atoms with E-state index in [4.69, 9.17) is 11.6 Å².